The first-order chi connectivity index (χ1) is 5.46. The zero-order valence-electron chi connectivity index (χ0n) is 6.47. The lowest BCUT2D eigenvalue weighted by Crippen LogP contribution is -2.35. The smallest absolute Gasteiger partial charge is 0.165 e. The van der Waals surface area contributed by atoms with E-state index >= 15 is 0 Å². The monoisotopic (exact) mass is 234 g/mol. The largest absolute Gasteiger partial charge is 0.377 e. The molecule has 1 rings (SSSR count). The number of hydrogen-bond donors (Lipinski definition) is 1. The van der Waals surface area contributed by atoms with Gasteiger partial charge in [0, 0.05) is 10.9 Å². The lowest BCUT2D eigenvalue weighted by molar-refractivity contribution is -0.130. The van der Waals surface area contributed by atoms with Gasteiger partial charge in [0.15, 0.2) is 5.78 Å². The van der Waals surface area contributed by atoms with E-state index in [-0.39, 0.29) is 10.9 Å². The maximum atomic E-state index is 12.9. The SMILES string of the molecule is CC(=O)[C@]1(O)C=CC(Br)=C(F)C1. The topological polar surface area (TPSA) is 37.3 Å². The third-order valence-corrected chi connectivity index (χ3v) is 2.49. The lowest BCUT2D eigenvalue weighted by Gasteiger charge is -2.23. The highest BCUT2D eigenvalue weighted by Gasteiger charge is 2.33. The molecular formula is C8H8BrFO2. The second-order valence-electron chi connectivity index (χ2n) is 2.74. The molecule has 0 unspecified atom stereocenters. The Labute approximate surface area is 77.9 Å². The Morgan fingerprint density at radius 2 is 2.42 bits per heavy atom. The molecule has 1 N–H and O–H groups in total. The maximum absolute atomic E-state index is 12.9. The molecule has 0 fully saturated rings. The summed E-state index contributed by atoms with van der Waals surface area (Å²) in [5, 5.41) is 9.51. The summed E-state index contributed by atoms with van der Waals surface area (Å²) in [6.07, 6.45) is 2.36. The third-order valence-electron chi connectivity index (χ3n) is 1.80. The molecule has 0 bridgehead atoms. The van der Waals surface area contributed by atoms with Gasteiger partial charge >= 0.3 is 0 Å². The van der Waals surface area contributed by atoms with Gasteiger partial charge in [-0.3, -0.25) is 4.79 Å². The van der Waals surface area contributed by atoms with E-state index in [1.165, 1.54) is 19.1 Å². The predicted molar refractivity (Wildman–Crippen MR) is 46.4 cm³/mol. The number of ketones is 1. The quantitative estimate of drug-likeness (QED) is 0.752. The minimum Gasteiger partial charge on any atom is -0.377 e. The van der Waals surface area contributed by atoms with Crippen LogP contribution in [0.15, 0.2) is 22.5 Å². The van der Waals surface area contributed by atoms with Gasteiger partial charge in [-0.2, -0.15) is 0 Å². The van der Waals surface area contributed by atoms with E-state index in [0.29, 0.717) is 0 Å². The van der Waals surface area contributed by atoms with Gasteiger partial charge in [-0.15, -0.1) is 0 Å². The molecule has 0 spiro atoms. The number of Topliss-reactive ketones (excluding diaryl/α,β-unsaturated/α-hetero) is 1. The van der Waals surface area contributed by atoms with E-state index in [4.69, 9.17) is 0 Å². The van der Waals surface area contributed by atoms with Crippen LogP contribution in [0.2, 0.25) is 0 Å². The number of hydrogen-bond acceptors (Lipinski definition) is 2. The number of carbonyl (C=O) groups is 1. The Morgan fingerprint density at radius 1 is 1.83 bits per heavy atom. The molecule has 1 aliphatic rings. The van der Waals surface area contributed by atoms with Gasteiger partial charge in [-0.1, -0.05) is 0 Å². The van der Waals surface area contributed by atoms with Crippen LogP contribution in [-0.4, -0.2) is 16.5 Å². The molecule has 0 saturated carbocycles. The van der Waals surface area contributed by atoms with Crippen LogP contribution in [0.5, 0.6) is 0 Å². The molecule has 0 aromatic rings. The maximum Gasteiger partial charge on any atom is 0.165 e. The first-order valence-corrected chi connectivity index (χ1v) is 4.22. The fraction of sp³-hybridized carbons (Fsp3) is 0.375. The highest BCUT2D eigenvalue weighted by atomic mass is 79.9. The molecule has 0 heterocycles. The Hall–Kier alpha value is -0.480. The van der Waals surface area contributed by atoms with Gasteiger partial charge < -0.3 is 5.11 Å². The normalized spacial score (nSPS) is 29.3. The summed E-state index contributed by atoms with van der Waals surface area (Å²) in [7, 11) is 0. The molecule has 4 heteroatoms. The summed E-state index contributed by atoms with van der Waals surface area (Å²) in [4.78, 5) is 10.9. The van der Waals surface area contributed by atoms with Crippen molar-refractivity contribution < 1.29 is 14.3 Å². The number of aliphatic hydroxyl groups is 1. The van der Waals surface area contributed by atoms with Crippen LogP contribution in [0.4, 0.5) is 4.39 Å². The van der Waals surface area contributed by atoms with Gasteiger partial charge in [-0.25, -0.2) is 4.39 Å². The van der Waals surface area contributed by atoms with Crippen molar-refractivity contribution in [3.63, 3.8) is 0 Å². The van der Waals surface area contributed by atoms with Crippen molar-refractivity contribution in [3.8, 4) is 0 Å². The van der Waals surface area contributed by atoms with Crippen molar-refractivity contribution in [3.05, 3.63) is 22.5 Å². The van der Waals surface area contributed by atoms with E-state index in [1.54, 1.807) is 0 Å². The van der Waals surface area contributed by atoms with E-state index in [0.717, 1.165) is 0 Å². The van der Waals surface area contributed by atoms with Crippen molar-refractivity contribution in [2.24, 2.45) is 0 Å². The minimum atomic E-state index is -1.65. The van der Waals surface area contributed by atoms with E-state index in [1.807, 2.05) is 0 Å². The number of carbonyl (C=O) groups excluding carboxylic acids is 1. The Kier molecular flexibility index (Phi) is 2.49. The molecule has 0 saturated heterocycles. The fourth-order valence-electron chi connectivity index (χ4n) is 0.923. The minimum absolute atomic E-state index is 0.278. The number of rotatable bonds is 1. The van der Waals surface area contributed by atoms with E-state index in [9.17, 15) is 14.3 Å². The summed E-state index contributed by atoms with van der Waals surface area (Å²) in [6, 6.07) is 0. The van der Waals surface area contributed by atoms with Gasteiger partial charge in [-0.05, 0) is 35.0 Å². The second-order valence-corrected chi connectivity index (χ2v) is 3.60. The first-order valence-electron chi connectivity index (χ1n) is 3.42. The van der Waals surface area contributed by atoms with Gasteiger partial charge in [0.2, 0.25) is 0 Å². The summed E-state index contributed by atoms with van der Waals surface area (Å²) >= 11 is 2.95. The predicted octanol–water partition coefficient (Wildman–Crippen LogP) is 1.84. The van der Waals surface area contributed by atoms with Crippen molar-refractivity contribution in [1.29, 1.82) is 0 Å². The standard InChI is InChI=1S/C8H8BrFO2/c1-5(11)8(12)3-2-6(9)7(10)4-8/h2-3,12H,4H2,1H3/t8-/m0/s1. The Morgan fingerprint density at radius 3 is 2.83 bits per heavy atom. The lowest BCUT2D eigenvalue weighted by atomic mass is 9.91. The molecule has 0 radical (unpaired) electrons. The number of halogens is 2. The Bertz CT molecular complexity index is 283. The summed E-state index contributed by atoms with van der Waals surface area (Å²) in [5.41, 5.74) is -1.65. The molecule has 66 valence electrons. The number of allylic oxidation sites excluding steroid dienone is 2. The van der Waals surface area contributed by atoms with Crippen molar-refractivity contribution >= 4 is 21.7 Å². The van der Waals surface area contributed by atoms with Crippen LogP contribution in [0, 0.1) is 0 Å². The first kappa shape index (κ1) is 9.61. The molecule has 2 nitrogen and oxygen atoms in total. The van der Waals surface area contributed by atoms with Gasteiger partial charge in [0.25, 0.3) is 0 Å². The van der Waals surface area contributed by atoms with Crippen LogP contribution in [0.1, 0.15) is 13.3 Å². The van der Waals surface area contributed by atoms with Crippen LogP contribution < -0.4 is 0 Å². The molecule has 1 atom stereocenters. The van der Waals surface area contributed by atoms with Crippen LogP contribution in [0.25, 0.3) is 0 Å². The van der Waals surface area contributed by atoms with Crippen LogP contribution in [-0.2, 0) is 4.79 Å². The second kappa shape index (κ2) is 3.11. The fourth-order valence-corrected chi connectivity index (χ4v) is 1.20. The highest BCUT2D eigenvalue weighted by molar-refractivity contribution is 9.11. The average Bonchev–Trinajstić information content (AvgIpc) is 1.97. The van der Waals surface area contributed by atoms with Crippen molar-refractivity contribution in [2.45, 2.75) is 18.9 Å². The Balaban J connectivity index is 2.94. The van der Waals surface area contributed by atoms with Crippen LogP contribution in [0.3, 0.4) is 0 Å². The molecule has 0 aliphatic heterocycles. The average molecular weight is 235 g/mol. The molecule has 1 aliphatic carbocycles. The molecule has 0 amide bonds. The molecule has 0 aromatic heterocycles. The van der Waals surface area contributed by atoms with Crippen molar-refractivity contribution in [1.82, 2.24) is 0 Å². The highest BCUT2D eigenvalue weighted by Crippen LogP contribution is 2.31. The molecule has 12 heavy (non-hydrogen) atoms. The molecular weight excluding hydrogens is 227 g/mol. The summed E-state index contributed by atoms with van der Waals surface area (Å²) < 4.78 is 13.2. The van der Waals surface area contributed by atoms with Gasteiger partial charge in [0.05, 0.1) is 0 Å². The summed E-state index contributed by atoms with van der Waals surface area (Å²) in [6.45, 7) is 1.23. The zero-order chi connectivity index (χ0) is 9.35. The summed E-state index contributed by atoms with van der Waals surface area (Å²) in [5.74, 6) is -0.955. The zero-order valence-corrected chi connectivity index (χ0v) is 8.06. The van der Waals surface area contributed by atoms with E-state index in [2.05, 4.69) is 15.9 Å². The van der Waals surface area contributed by atoms with Crippen molar-refractivity contribution in [2.75, 3.05) is 0 Å². The molecule has 0 aromatic carbocycles. The van der Waals surface area contributed by atoms with Gasteiger partial charge in [0.1, 0.15) is 11.4 Å². The third kappa shape index (κ3) is 1.64. The van der Waals surface area contributed by atoms with Crippen LogP contribution >= 0.6 is 15.9 Å². The van der Waals surface area contributed by atoms with E-state index < -0.39 is 17.2 Å².